The van der Waals surface area contributed by atoms with Crippen LogP contribution in [0.25, 0.3) is 0 Å². The van der Waals surface area contributed by atoms with Gasteiger partial charge in [0.15, 0.2) is 0 Å². The van der Waals surface area contributed by atoms with Crippen LogP contribution in [0, 0.1) is 6.92 Å². The molecule has 0 saturated carbocycles. The number of nitrogens with one attached hydrogen (secondary N) is 1. The number of aromatic nitrogens is 2. The normalized spacial score (nSPS) is 20.0. The summed E-state index contributed by atoms with van der Waals surface area (Å²) in [5, 5.41) is 4.32. The van der Waals surface area contributed by atoms with Gasteiger partial charge >= 0.3 is 0 Å². The predicted molar refractivity (Wildman–Crippen MR) is 145 cm³/mol. The van der Waals surface area contributed by atoms with Crippen molar-refractivity contribution in [2.75, 3.05) is 38.0 Å². The lowest BCUT2D eigenvalue weighted by molar-refractivity contribution is -0.130. The summed E-state index contributed by atoms with van der Waals surface area (Å²) in [5.74, 6) is 0.930. The van der Waals surface area contributed by atoms with Gasteiger partial charge in [-0.05, 0) is 56.7 Å². The summed E-state index contributed by atoms with van der Waals surface area (Å²) in [6.07, 6.45) is 7.21. The minimum atomic E-state index is -0.0396. The van der Waals surface area contributed by atoms with Gasteiger partial charge in [-0.1, -0.05) is 29.3 Å². The van der Waals surface area contributed by atoms with Gasteiger partial charge in [-0.15, -0.1) is 0 Å². The fraction of sp³-hybridized carbons (Fsp3) is 0.556. The SMILES string of the molecule is Cc1c(NCc2ccc(Cl)c(Cl)c2)ncnc1C(=O)N1CCC(N2CCC(N3CCCC3=O)CC2)CC1. The number of halogens is 2. The van der Waals surface area contributed by atoms with Gasteiger partial charge < -0.3 is 20.0 Å². The first-order valence-corrected chi connectivity index (χ1v) is 14.0. The van der Waals surface area contributed by atoms with E-state index >= 15 is 0 Å². The largest absolute Gasteiger partial charge is 0.366 e. The Morgan fingerprint density at radius 3 is 2.41 bits per heavy atom. The van der Waals surface area contributed by atoms with Crippen LogP contribution in [-0.2, 0) is 11.3 Å². The van der Waals surface area contributed by atoms with Gasteiger partial charge in [0.1, 0.15) is 17.8 Å². The molecule has 3 aliphatic rings. The maximum atomic E-state index is 13.4. The summed E-state index contributed by atoms with van der Waals surface area (Å²) < 4.78 is 0. The van der Waals surface area contributed by atoms with Gasteiger partial charge in [-0.2, -0.15) is 0 Å². The molecule has 1 N–H and O–H groups in total. The number of rotatable bonds is 6. The Morgan fingerprint density at radius 1 is 1.00 bits per heavy atom. The molecule has 0 spiro atoms. The number of hydrogen-bond donors (Lipinski definition) is 1. The van der Waals surface area contributed by atoms with Crippen LogP contribution in [0.15, 0.2) is 24.5 Å². The third kappa shape index (κ3) is 5.86. The van der Waals surface area contributed by atoms with Gasteiger partial charge in [0.25, 0.3) is 5.91 Å². The van der Waals surface area contributed by atoms with Crippen LogP contribution < -0.4 is 5.32 Å². The molecule has 0 aliphatic carbocycles. The number of likely N-dealkylation sites (tertiary alicyclic amines) is 3. The predicted octanol–water partition coefficient (Wildman–Crippen LogP) is 4.40. The first-order valence-electron chi connectivity index (χ1n) is 13.2. The molecule has 8 nitrogen and oxygen atoms in total. The van der Waals surface area contributed by atoms with Gasteiger partial charge in [-0.3, -0.25) is 9.59 Å². The van der Waals surface area contributed by atoms with E-state index in [9.17, 15) is 9.59 Å². The second kappa shape index (κ2) is 11.5. The average Bonchev–Trinajstić information content (AvgIpc) is 3.35. The van der Waals surface area contributed by atoms with Crippen molar-refractivity contribution in [3.05, 3.63) is 51.4 Å². The van der Waals surface area contributed by atoms with Crippen LogP contribution in [-0.4, -0.2) is 81.3 Å². The van der Waals surface area contributed by atoms with Crippen LogP contribution in [0.1, 0.15) is 60.1 Å². The van der Waals surface area contributed by atoms with Crippen molar-refractivity contribution >= 4 is 40.8 Å². The molecule has 3 saturated heterocycles. The summed E-state index contributed by atoms with van der Waals surface area (Å²) in [6, 6.07) is 6.39. The maximum absolute atomic E-state index is 13.4. The van der Waals surface area contributed by atoms with E-state index in [4.69, 9.17) is 23.2 Å². The number of benzene rings is 1. The number of piperidine rings is 2. The fourth-order valence-corrected chi connectivity index (χ4v) is 6.20. The maximum Gasteiger partial charge on any atom is 0.272 e. The molecule has 37 heavy (non-hydrogen) atoms. The zero-order valence-electron chi connectivity index (χ0n) is 21.3. The van der Waals surface area contributed by atoms with Crippen molar-refractivity contribution in [3.8, 4) is 0 Å². The van der Waals surface area contributed by atoms with Gasteiger partial charge in [-0.25, -0.2) is 9.97 Å². The second-order valence-corrected chi connectivity index (χ2v) is 11.1. The molecule has 10 heteroatoms. The molecule has 4 heterocycles. The molecule has 198 valence electrons. The molecule has 3 fully saturated rings. The Kier molecular flexibility index (Phi) is 8.17. The number of anilines is 1. The Balaban J connectivity index is 1.13. The smallest absolute Gasteiger partial charge is 0.272 e. The second-order valence-electron chi connectivity index (χ2n) is 10.3. The standard InChI is InChI=1S/C27H34Cl2N6O2/c1-18-25(31-17-32-26(18)30-16-19-4-5-22(28)23(29)15-19)27(37)34-13-6-20(7-14-34)33-11-8-21(9-12-33)35-10-2-3-24(35)36/h4-5,15,17,20-21H,2-3,6-14,16H2,1H3,(H,30,31,32). The van der Waals surface area contributed by atoms with E-state index in [2.05, 4.69) is 25.1 Å². The van der Waals surface area contributed by atoms with Crippen LogP contribution in [0.3, 0.4) is 0 Å². The average molecular weight is 546 g/mol. The molecule has 3 aliphatic heterocycles. The highest BCUT2D eigenvalue weighted by molar-refractivity contribution is 6.42. The Labute approximate surface area is 228 Å². The van der Waals surface area contributed by atoms with E-state index < -0.39 is 0 Å². The van der Waals surface area contributed by atoms with Gasteiger partial charge in [0.05, 0.1) is 10.0 Å². The summed E-state index contributed by atoms with van der Waals surface area (Å²) in [4.78, 5) is 40.7. The van der Waals surface area contributed by atoms with E-state index in [0.29, 0.717) is 52.5 Å². The number of hydrogen-bond acceptors (Lipinski definition) is 6. The topological polar surface area (TPSA) is 81.7 Å². The number of nitrogens with zero attached hydrogens (tertiary/aromatic N) is 5. The highest BCUT2D eigenvalue weighted by Gasteiger charge is 2.34. The van der Waals surface area contributed by atoms with Gasteiger partial charge in [0.2, 0.25) is 5.91 Å². The van der Waals surface area contributed by atoms with Gasteiger partial charge in [0, 0.05) is 63.3 Å². The lowest BCUT2D eigenvalue weighted by Crippen LogP contribution is -2.52. The molecule has 0 bridgehead atoms. The quantitative estimate of drug-likeness (QED) is 0.580. The molecule has 1 aromatic carbocycles. The van der Waals surface area contributed by atoms with Crippen molar-refractivity contribution in [1.82, 2.24) is 24.7 Å². The minimum Gasteiger partial charge on any atom is -0.366 e. The highest BCUT2D eigenvalue weighted by atomic mass is 35.5. The first-order chi connectivity index (χ1) is 17.9. The van der Waals surface area contributed by atoms with Crippen LogP contribution >= 0.6 is 23.2 Å². The Bertz CT molecular complexity index is 1150. The summed E-state index contributed by atoms with van der Waals surface area (Å²) in [7, 11) is 0. The molecule has 2 aromatic rings. The van der Waals surface area contributed by atoms with E-state index in [1.807, 2.05) is 24.0 Å². The molecule has 0 atom stereocenters. The number of amides is 2. The zero-order chi connectivity index (χ0) is 25.9. The Morgan fingerprint density at radius 2 is 1.73 bits per heavy atom. The lowest BCUT2D eigenvalue weighted by atomic mass is 9.97. The Hall–Kier alpha value is -2.42. The van der Waals surface area contributed by atoms with Crippen LogP contribution in [0.5, 0.6) is 0 Å². The fourth-order valence-electron chi connectivity index (χ4n) is 5.88. The molecule has 2 amide bonds. The van der Waals surface area contributed by atoms with E-state index in [0.717, 1.165) is 76.0 Å². The van der Waals surface area contributed by atoms with Crippen molar-refractivity contribution in [3.63, 3.8) is 0 Å². The molecule has 1 aromatic heterocycles. The van der Waals surface area contributed by atoms with E-state index in [1.165, 1.54) is 6.33 Å². The van der Waals surface area contributed by atoms with Crippen molar-refractivity contribution in [2.24, 2.45) is 0 Å². The third-order valence-corrected chi connectivity index (χ3v) is 8.79. The first kappa shape index (κ1) is 26.2. The monoisotopic (exact) mass is 544 g/mol. The third-order valence-electron chi connectivity index (χ3n) is 8.05. The molecular formula is C27H34Cl2N6O2. The summed E-state index contributed by atoms with van der Waals surface area (Å²) in [6.45, 7) is 6.84. The molecule has 0 radical (unpaired) electrons. The summed E-state index contributed by atoms with van der Waals surface area (Å²) in [5.41, 5.74) is 2.16. The van der Waals surface area contributed by atoms with Crippen molar-refractivity contribution in [1.29, 1.82) is 0 Å². The van der Waals surface area contributed by atoms with E-state index in [1.54, 1.807) is 6.07 Å². The highest BCUT2D eigenvalue weighted by Crippen LogP contribution is 2.27. The molecular weight excluding hydrogens is 511 g/mol. The minimum absolute atomic E-state index is 0.0396. The van der Waals surface area contributed by atoms with Crippen molar-refractivity contribution in [2.45, 2.75) is 64.1 Å². The number of carbonyl (C=O) groups excluding carboxylic acids is 2. The van der Waals surface area contributed by atoms with E-state index in [-0.39, 0.29) is 5.91 Å². The molecule has 5 rings (SSSR count). The molecule has 0 unspecified atom stereocenters. The number of carbonyl (C=O) groups is 2. The van der Waals surface area contributed by atoms with Crippen molar-refractivity contribution < 1.29 is 9.59 Å². The summed E-state index contributed by atoms with van der Waals surface area (Å²) >= 11 is 12.1. The van der Waals surface area contributed by atoms with Crippen LogP contribution in [0.4, 0.5) is 5.82 Å². The van der Waals surface area contributed by atoms with Crippen LogP contribution in [0.2, 0.25) is 10.0 Å². The zero-order valence-corrected chi connectivity index (χ0v) is 22.8. The lowest BCUT2D eigenvalue weighted by Gasteiger charge is -2.43.